The van der Waals surface area contributed by atoms with Crippen LogP contribution in [0.1, 0.15) is 20.8 Å². The molecule has 0 aromatic heterocycles. The number of rotatable bonds is 3. The molecule has 0 fully saturated rings. The van der Waals surface area contributed by atoms with Crippen molar-refractivity contribution < 1.29 is 0 Å². The SMILES string of the molecule is CCN=C(C=N)C(N)=C(C)C. The van der Waals surface area contributed by atoms with E-state index in [0.29, 0.717) is 18.0 Å². The molecule has 62 valence electrons. The number of hydrogen-bond donors (Lipinski definition) is 2. The van der Waals surface area contributed by atoms with Crippen molar-refractivity contribution in [3.63, 3.8) is 0 Å². The fraction of sp³-hybridized carbons (Fsp3) is 0.500. The molecule has 0 aliphatic heterocycles. The number of allylic oxidation sites excluding steroid dienone is 2. The van der Waals surface area contributed by atoms with Crippen molar-refractivity contribution >= 4 is 11.9 Å². The van der Waals surface area contributed by atoms with Gasteiger partial charge in [-0.2, -0.15) is 0 Å². The Balaban J connectivity index is 4.66. The number of nitrogens with zero attached hydrogens (tertiary/aromatic N) is 1. The van der Waals surface area contributed by atoms with Gasteiger partial charge in [-0.25, -0.2) is 0 Å². The minimum Gasteiger partial charge on any atom is -0.397 e. The fourth-order valence-electron chi connectivity index (χ4n) is 0.635. The maximum absolute atomic E-state index is 7.02. The molecule has 3 nitrogen and oxygen atoms in total. The molecule has 0 aromatic rings. The van der Waals surface area contributed by atoms with Crippen LogP contribution in [0.5, 0.6) is 0 Å². The molecule has 0 aliphatic rings. The van der Waals surface area contributed by atoms with E-state index in [1.54, 1.807) is 0 Å². The van der Waals surface area contributed by atoms with Gasteiger partial charge in [0.1, 0.15) is 0 Å². The highest BCUT2D eigenvalue weighted by Crippen LogP contribution is 1.97. The van der Waals surface area contributed by atoms with Crippen molar-refractivity contribution in [3.8, 4) is 0 Å². The first kappa shape index (κ1) is 9.88. The van der Waals surface area contributed by atoms with Crippen LogP contribution in [-0.2, 0) is 0 Å². The van der Waals surface area contributed by atoms with E-state index in [1.165, 1.54) is 6.21 Å². The Morgan fingerprint density at radius 3 is 2.36 bits per heavy atom. The first-order chi connectivity index (χ1) is 5.13. The van der Waals surface area contributed by atoms with Crippen molar-refractivity contribution in [2.45, 2.75) is 20.8 Å². The lowest BCUT2D eigenvalue weighted by molar-refractivity contribution is 1.12. The van der Waals surface area contributed by atoms with E-state index in [1.807, 2.05) is 20.8 Å². The van der Waals surface area contributed by atoms with Crippen LogP contribution >= 0.6 is 0 Å². The number of aliphatic imine (C=N–C) groups is 1. The number of nitrogens with two attached hydrogens (primary N) is 1. The van der Waals surface area contributed by atoms with Crippen LogP contribution in [0.2, 0.25) is 0 Å². The molecular weight excluding hydrogens is 138 g/mol. The zero-order valence-electron chi connectivity index (χ0n) is 7.31. The molecule has 0 atom stereocenters. The van der Waals surface area contributed by atoms with Crippen LogP contribution in [-0.4, -0.2) is 18.5 Å². The Morgan fingerprint density at radius 1 is 1.55 bits per heavy atom. The highest BCUT2D eigenvalue weighted by atomic mass is 14.8. The van der Waals surface area contributed by atoms with Crippen LogP contribution in [0.3, 0.4) is 0 Å². The summed E-state index contributed by atoms with van der Waals surface area (Å²) in [6, 6.07) is 0. The molecule has 0 unspecified atom stereocenters. The van der Waals surface area contributed by atoms with Crippen LogP contribution in [0.4, 0.5) is 0 Å². The van der Waals surface area contributed by atoms with E-state index in [2.05, 4.69) is 4.99 Å². The second-order valence-electron chi connectivity index (χ2n) is 2.42. The van der Waals surface area contributed by atoms with Crippen molar-refractivity contribution in [3.05, 3.63) is 11.3 Å². The molecule has 0 saturated heterocycles. The highest BCUT2D eigenvalue weighted by Gasteiger charge is 1.98. The Bertz CT molecular complexity index is 197. The molecule has 3 N–H and O–H groups in total. The summed E-state index contributed by atoms with van der Waals surface area (Å²) >= 11 is 0. The van der Waals surface area contributed by atoms with Gasteiger partial charge in [0.2, 0.25) is 0 Å². The Morgan fingerprint density at radius 2 is 2.09 bits per heavy atom. The first-order valence-corrected chi connectivity index (χ1v) is 3.61. The van der Waals surface area contributed by atoms with E-state index >= 15 is 0 Å². The number of nitrogens with one attached hydrogen (secondary N) is 1. The van der Waals surface area contributed by atoms with E-state index in [9.17, 15) is 0 Å². The monoisotopic (exact) mass is 153 g/mol. The summed E-state index contributed by atoms with van der Waals surface area (Å²) in [5.41, 5.74) is 7.84. The zero-order valence-corrected chi connectivity index (χ0v) is 7.31. The summed E-state index contributed by atoms with van der Waals surface area (Å²) in [7, 11) is 0. The summed E-state index contributed by atoms with van der Waals surface area (Å²) in [4.78, 5) is 4.05. The van der Waals surface area contributed by atoms with Crippen LogP contribution in [0.15, 0.2) is 16.3 Å². The van der Waals surface area contributed by atoms with E-state index in [4.69, 9.17) is 11.1 Å². The largest absolute Gasteiger partial charge is 0.397 e. The van der Waals surface area contributed by atoms with Crippen LogP contribution in [0, 0.1) is 5.41 Å². The lowest BCUT2D eigenvalue weighted by atomic mass is 10.2. The molecule has 0 rings (SSSR count). The number of hydrogen-bond acceptors (Lipinski definition) is 3. The van der Waals surface area contributed by atoms with Gasteiger partial charge < -0.3 is 11.1 Å². The van der Waals surface area contributed by atoms with Gasteiger partial charge in [-0.1, -0.05) is 5.57 Å². The third kappa shape index (κ3) is 2.98. The van der Waals surface area contributed by atoms with Gasteiger partial charge in [0.15, 0.2) is 0 Å². The molecule has 0 saturated carbocycles. The molecule has 0 heterocycles. The van der Waals surface area contributed by atoms with Gasteiger partial charge in [0.05, 0.1) is 11.4 Å². The van der Waals surface area contributed by atoms with E-state index < -0.39 is 0 Å². The zero-order chi connectivity index (χ0) is 8.85. The predicted octanol–water partition coefficient (Wildman–Crippen LogP) is 1.35. The lowest BCUT2D eigenvalue weighted by Crippen LogP contribution is -2.14. The van der Waals surface area contributed by atoms with Gasteiger partial charge in [0, 0.05) is 12.8 Å². The van der Waals surface area contributed by atoms with Gasteiger partial charge in [0.25, 0.3) is 0 Å². The molecule has 0 amide bonds. The fourth-order valence-corrected chi connectivity index (χ4v) is 0.635. The van der Waals surface area contributed by atoms with Crippen molar-refractivity contribution in [2.24, 2.45) is 10.7 Å². The van der Waals surface area contributed by atoms with Gasteiger partial charge in [-0.05, 0) is 20.8 Å². The summed E-state index contributed by atoms with van der Waals surface area (Å²) in [5.74, 6) is 0. The van der Waals surface area contributed by atoms with E-state index in [-0.39, 0.29) is 0 Å². The third-order valence-corrected chi connectivity index (χ3v) is 1.28. The van der Waals surface area contributed by atoms with E-state index in [0.717, 1.165) is 5.57 Å². The summed E-state index contributed by atoms with van der Waals surface area (Å²) in [5, 5.41) is 7.02. The standard InChI is InChI=1S/C8H15N3/c1-4-11-7(5-9)8(10)6(2)3/h5,9H,4,10H2,1-3H3. The summed E-state index contributed by atoms with van der Waals surface area (Å²) in [6.45, 7) is 6.40. The van der Waals surface area contributed by atoms with Crippen molar-refractivity contribution in [1.29, 1.82) is 5.41 Å². The second-order valence-corrected chi connectivity index (χ2v) is 2.42. The van der Waals surface area contributed by atoms with Gasteiger partial charge in [-0.3, -0.25) is 4.99 Å². The second kappa shape index (κ2) is 4.66. The molecule has 0 aliphatic carbocycles. The Kier molecular flexibility index (Phi) is 4.18. The third-order valence-electron chi connectivity index (χ3n) is 1.28. The average Bonchev–Trinajstić information content (AvgIpc) is 1.98. The van der Waals surface area contributed by atoms with Crippen LogP contribution in [0.25, 0.3) is 0 Å². The topological polar surface area (TPSA) is 62.2 Å². The summed E-state index contributed by atoms with van der Waals surface area (Å²) < 4.78 is 0. The molecular formula is C8H15N3. The molecule has 3 heteroatoms. The normalized spacial score (nSPS) is 11.0. The minimum atomic E-state index is 0.576. The summed E-state index contributed by atoms with van der Waals surface area (Å²) in [6.07, 6.45) is 1.19. The molecule has 0 radical (unpaired) electrons. The minimum absolute atomic E-state index is 0.576. The van der Waals surface area contributed by atoms with Gasteiger partial charge in [-0.15, -0.1) is 0 Å². The first-order valence-electron chi connectivity index (χ1n) is 3.61. The average molecular weight is 153 g/mol. The highest BCUT2D eigenvalue weighted by molar-refractivity contribution is 6.37. The molecule has 0 spiro atoms. The smallest absolute Gasteiger partial charge is 0.0978 e. The van der Waals surface area contributed by atoms with Crippen molar-refractivity contribution in [2.75, 3.05) is 6.54 Å². The van der Waals surface area contributed by atoms with Crippen molar-refractivity contribution in [1.82, 2.24) is 0 Å². The Labute approximate surface area is 67.5 Å². The molecule has 0 bridgehead atoms. The predicted molar refractivity (Wildman–Crippen MR) is 49.3 cm³/mol. The Hall–Kier alpha value is -1.12. The van der Waals surface area contributed by atoms with Gasteiger partial charge >= 0.3 is 0 Å². The van der Waals surface area contributed by atoms with Crippen LogP contribution < -0.4 is 5.73 Å². The molecule has 0 aromatic carbocycles. The lowest BCUT2D eigenvalue weighted by Gasteiger charge is -2.01. The molecule has 11 heavy (non-hydrogen) atoms. The maximum Gasteiger partial charge on any atom is 0.0978 e. The maximum atomic E-state index is 7.02. The quantitative estimate of drug-likeness (QED) is 0.591.